The summed E-state index contributed by atoms with van der Waals surface area (Å²) in [5, 5.41) is 14.0. The number of phosphoric ester groups is 1. The molecule has 0 saturated heterocycles. The van der Waals surface area contributed by atoms with E-state index in [9.17, 15) is 19.4 Å². The summed E-state index contributed by atoms with van der Waals surface area (Å²) in [6.45, 7) is 4.87. The highest BCUT2D eigenvalue weighted by atomic mass is 31.2. The van der Waals surface area contributed by atoms with Gasteiger partial charge in [0, 0.05) is 6.42 Å². The fraction of sp³-hybridized carbons (Fsp3) is 0.947. The molecular formula is C57H116N2O6P+. The first-order chi connectivity index (χ1) is 32.0. The minimum atomic E-state index is -4.34. The first kappa shape index (κ1) is 65.2. The van der Waals surface area contributed by atoms with Gasteiger partial charge < -0.3 is 19.8 Å². The Balaban J connectivity index is 4.18. The summed E-state index contributed by atoms with van der Waals surface area (Å²) in [4.78, 5) is 23.3. The largest absolute Gasteiger partial charge is 0.472 e. The Bertz CT molecular complexity index is 1080. The van der Waals surface area contributed by atoms with Crippen LogP contribution in [0.15, 0.2) is 12.2 Å². The van der Waals surface area contributed by atoms with Crippen LogP contribution >= 0.6 is 7.82 Å². The third-order valence-electron chi connectivity index (χ3n) is 13.5. The van der Waals surface area contributed by atoms with Gasteiger partial charge in [-0.25, -0.2) is 4.57 Å². The summed E-state index contributed by atoms with van der Waals surface area (Å²) < 4.78 is 23.7. The van der Waals surface area contributed by atoms with Crippen LogP contribution < -0.4 is 5.32 Å². The van der Waals surface area contributed by atoms with E-state index in [0.29, 0.717) is 17.4 Å². The minimum absolute atomic E-state index is 0.0652. The van der Waals surface area contributed by atoms with Crippen molar-refractivity contribution in [2.24, 2.45) is 0 Å². The Morgan fingerprint density at radius 2 is 0.803 bits per heavy atom. The number of rotatable bonds is 54. The first-order valence-corrected chi connectivity index (χ1v) is 30.6. The van der Waals surface area contributed by atoms with E-state index < -0.39 is 20.0 Å². The van der Waals surface area contributed by atoms with Crippen LogP contribution in [-0.2, 0) is 18.4 Å². The number of aliphatic hydroxyl groups excluding tert-OH is 1. The topological polar surface area (TPSA) is 105 Å². The molecule has 0 radical (unpaired) electrons. The molecule has 0 aromatic carbocycles. The summed E-state index contributed by atoms with van der Waals surface area (Å²) >= 11 is 0. The SMILES string of the molecule is CCCCCCCCCCCCCCCCCCCCCC/C=C/C(O)C(COP(=O)(O)OCC[N+](C)(C)C)NC(=O)CCCCCCCCCCCCCCCCCCCCCCCC. The zero-order valence-corrected chi connectivity index (χ0v) is 45.9. The van der Waals surface area contributed by atoms with Gasteiger partial charge in [-0.15, -0.1) is 0 Å². The monoisotopic (exact) mass is 956 g/mol. The van der Waals surface area contributed by atoms with Crippen molar-refractivity contribution in [2.45, 2.75) is 309 Å². The number of hydrogen-bond donors (Lipinski definition) is 3. The lowest BCUT2D eigenvalue weighted by Crippen LogP contribution is -2.45. The van der Waals surface area contributed by atoms with Gasteiger partial charge in [0.15, 0.2) is 0 Å². The van der Waals surface area contributed by atoms with Gasteiger partial charge in [-0.3, -0.25) is 13.8 Å². The number of unbranched alkanes of at least 4 members (excludes halogenated alkanes) is 41. The van der Waals surface area contributed by atoms with E-state index in [1.165, 1.54) is 244 Å². The lowest BCUT2D eigenvalue weighted by atomic mass is 10.0. The standard InChI is InChI=1S/C57H115N2O6P/c1-6-8-10-12-14-16-18-20-22-24-26-28-30-32-34-36-38-40-42-44-46-48-50-56(60)55(54-65-66(62,63)64-53-52-59(3,4)5)58-57(61)51-49-47-45-43-41-39-37-35-33-31-29-27-25-23-21-19-17-15-13-11-9-7-2/h48,50,55-56,60H,6-47,49,51-54H2,1-5H3,(H-,58,61,62,63)/p+1/b50-48+. The lowest BCUT2D eigenvalue weighted by Gasteiger charge is -2.25. The van der Waals surface area contributed by atoms with E-state index in [0.717, 1.165) is 32.1 Å². The first-order valence-electron chi connectivity index (χ1n) is 29.1. The molecular weight excluding hydrogens is 840 g/mol. The molecule has 0 aromatic heterocycles. The fourth-order valence-electron chi connectivity index (χ4n) is 8.93. The van der Waals surface area contributed by atoms with Crippen LogP contribution in [0.2, 0.25) is 0 Å². The van der Waals surface area contributed by atoms with E-state index in [1.54, 1.807) is 6.08 Å². The number of nitrogens with zero attached hydrogens (tertiary/aromatic N) is 1. The molecule has 0 aliphatic rings. The van der Waals surface area contributed by atoms with Crippen LogP contribution in [0.1, 0.15) is 296 Å². The highest BCUT2D eigenvalue weighted by Gasteiger charge is 2.27. The van der Waals surface area contributed by atoms with E-state index in [4.69, 9.17) is 9.05 Å². The van der Waals surface area contributed by atoms with Crippen LogP contribution in [0, 0.1) is 0 Å². The predicted molar refractivity (Wildman–Crippen MR) is 286 cm³/mol. The Kier molecular flexibility index (Phi) is 48.7. The number of amides is 1. The van der Waals surface area contributed by atoms with Gasteiger partial charge in [0.1, 0.15) is 13.2 Å². The number of allylic oxidation sites excluding steroid dienone is 1. The van der Waals surface area contributed by atoms with Gasteiger partial charge in [-0.05, 0) is 19.3 Å². The molecule has 8 nitrogen and oxygen atoms in total. The number of phosphoric acid groups is 1. The van der Waals surface area contributed by atoms with Gasteiger partial charge in [0.25, 0.3) is 0 Å². The van der Waals surface area contributed by atoms with Crippen molar-refractivity contribution >= 4 is 13.7 Å². The van der Waals surface area contributed by atoms with Crippen LogP contribution in [-0.4, -0.2) is 73.4 Å². The van der Waals surface area contributed by atoms with Crippen molar-refractivity contribution in [3.05, 3.63) is 12.2 Å². The number of likely N-dealkylation sites (N-methyl/N-ethyl adjacent to an activating group) is 1. The highest BCUT2D eigenvalue weighted by molar-refractivity contribution is 7.47. The Morgan fingerprint density at radius 3 is 1.12 bits per heavy atom. The molecule has 66 heavy (non-hydrogen) atoms. The molecule has 0 aromatic rings. The number of nitrogens with one attached hydrogen (secondary N) is 1. The van der Waals surface area contributed by atoms with Crippen molar-refractivity contribution < 1.29 is 32.9 Å². The number of carbonyl (C=O) groups excluding carboxylic acids is 1. The number of quaternary nitrogens is 1. The molecule has 3 unspecified atom stereocenters. The Morgan fingerprint density at radius 1 is 0.500 bits per heavy atom. The molecule has 0 fully saturated rings. The molecule has 0 aliphatic heterocycles. The molecule has 0 aliphatic carbocycles. The zero-order chi connectivity index (χ0) is 48.5. The number of hydrogen-bond acceptors (Lipinski definition) is 5. The summed E-state index contributed by atoms with van der Waals surface area (Å²) in [5.74, 6) is -0.169. The summed E-state index contributed by atoms with van der Waals surface area (Å²) in [6, 6.07) is -0.842. The maximum absolute atomic E-state index is 13.0. The molecule has 0 saturated carbocycles. The van der Waals surface area contributed by atoms with E-state index >= 15 is 0 Å². The smallest absolute Gasteiger partial charge is 0.387 e. The normalized spacial score (nSPS) is 14.0. The molecule has 3 N–H and O–H groups in total. The van der Waals surface area contributed by atoms with Crippen molar-refractivity contribution in [1.82, 2.24) is 5.32 Å². The molecule has 1 amide bonds. The predicted octanol–water partition coefficient (Wildman–Crippen LogP) is 17.4. The maximum Gasteiger partial charge on any atom is 0.472 e. The second kappa shape index (κ2) is 49.2. The van der Waals surface area contributed by atoms with Crippen LogP contribution in [0.3, 0.4) is 0 Å². The molecule has 0 spiro atoms. The summed E-state index contributed by atoms with van der Waals surface area (Å²) in [5.41, 5.74) is 0. The second-order valence-corrected chi connectivity index (χ2v) is 22.8. The van der Waals surface area contributed by atoms with Crippen molar-refractivity contribution in [3.8, 4) is 0 Å². The third kappa shape index (κ3) is 51.1. The van der Waals surface area contributed by atoms with Gasteiger partial charge in [0.2, 0.25) is 5.91 Å². The lowest BCUT2D eigenvalue weighted by molar-refractivity contribution is -0.870. The van der Waals surface area contributed by atoms with Gasteiger partial charge in [-0.2, -0.15) is 0 Å². The van der Waals surface area contributed by atoms with E-state index in [1.807, 2.05) is 27.2 Å². The van der Waals surface area contributed by atoms with E-state index in [-0.39, 0.29) is 19.1 Å². The van der Waals surface area contributed by atoms with Crippen LogP contribution in [0.4, 0.5) is 0 Å². The molecule has 9 heteroatoms. The minimum Gasteiger partial charge on any atom is -0.387 e. The van der Waals surface area contributed by atoms with Gasteiger partial charge >= 0.3 is 7.82 Å². The number of carbonyl (C=O) groups is 1. The molecule has 0 bridgehead atoms. The molecule has 3 atom stereocenters. The summed E-state index contributed by atoms with van der Waals surface area (Å²) in [7, 11) is 1.59. The second-order valence-electron chi connectivity index (χ2n) is 21.4. The molecule has 0 rings (SSSR count). The average molecular weight is 957 g/mol. The van der Waals surface area contributed by atoms with Crippen LogP contribution in [0.25, 0.3) is 0 Å². The maximum atomic E-state index is 13.0. The van der Waals surface area contributed by atoms with E-state index in [2.05, 4.69) is 19.2 Å². The Labute approximate surface area is 412 Å². The molecule has 394 valence electrons. The fourth-order valence-corrected chi connectivity index (χ4v) is 9.66. The summed E-state index contributed by atoms with van der Waals surface area (Å²) in [6.07, 6.45) is 60.2. The average Bonchev–Trinajstić information content (AvgIpc) is 3.28. The van der Waals surface area contributed by atoms with Crippen molar-refractivity contribution in [2.75, 3.05) is 40.9 Å². The highest BCUT2D eigenvalue weighted by Crippen LogP contribution is 2.43. The number of aliphatic hydroxyl groups is 1. The van der Waals surface area contributed by atoms with Crippen molar-refractivity contribution in [3.63, 3.8) is 0 Å². The van der Waals surface area contributed by atoms with Gasteiger partial charge in [-0.1, -0.05) is 283 Å². The van der Waals surface area contributed by atoms with Gasteiger partial charge in [0.05, 0.1) is 39.9 Å². The quantitative estimate of drug-likeness (QED) is 0.0243. The molecule has 0 heterocycles. The zero-order valence-electron chi connectivity index (χ0n) is 45.0. The van der Waals surface area contributed by atoms with Crippen LogP contribution in [0.5, 0.6) is 0 Å². The van der Waals surface area contributed by atoms with Crippen molar-refractivity contribution in [1.29, 1.82) is 0 Å². The third-order valence-corrected chi connectivity index (χ3v) is 14.5. The Hall–Kier alpha value is -0.760.